The van der Waals surface area contributed by atoms with Crippen LogP contribution in [0.4, 0.5) is 4.79 Å². The van der Waals surface area contributed by atoms with Crippen molar-refractivity contribution in [2.75, 3.05) is 13.6 Å². The van der Waals surface area contributed by atoms with E-state index in [-0.39, 0.29) is 10.6 Å². The van der Waals surface area contributed by atoms with E-state index in [4.69, 9.17) is 11.6 Å². The molecule has 0 radical (unpaired) electrons. The van der Waals surface area contributed by atoms with E-state index in [1.54, 1.807) is 6.92 Å². The Morgan fingerprint density at radius 2 is 2.22 bits per heavy atom. The summed E-state index contributed by atoms with van der Waals surface area (Å²) in [4.78, 5) is 27.2. The van der Waals surface area contributed by atoms with Gasteiger partial charge in [-0.3, -0.25) is 10.2 Å². The van der Waals surface area contributed by atoms with Gasteiger partial charge in [-0.25, -0.2) is 14.8 Å². The number of hydrogen-bond acceptors (Lipinski definition) is 3. The number of pyridine rings is 1. The van der Waals surface area contributed by atoms with E-state index >= 15 is 0 Å². The van der Waals surface area contributed by atoms with Gasteiger partial charge in [-0.15, -0.1) is 0 Å². The van der Waals surface area contributed by atoms with Crippen LogP contribution in [0.1, 0.15) is 17.3 Å². The van der Waals surface area contributed by atoms with Gasteiger partial charge in [0.25, 0.3) is 5.91 Å². The second-order valence-electron chi connectivity index (χ2n) is 3.29. The van der Waals surface area contributed by atoms with Crippen LogP contribution in [0.2, 0.25) is 5.02 Å². The van der Waals surface area contributed by atoms with Crippen LogP contribution in [0, 0.1) is 0 Å². The van der Waals surface area contributed by atoms with Gasteiger partial charge in [-0.05, 0) is 28.9 Å². The molecular weight excluding hydrogens is 323 g/mol. The zero-order chi connectivity index (χ0) is 13.7. The van der Waals surface area contributed by atoms with Gasteiger partial charge in [0.05, 0.1) is 10.6 Å². The Balaban J connectivity index is 2.80. The minimum absolute atomic E-state index is 0.176. The van der Waals surface area contributed by atoms with Crippen molar-refractivity contribution in [1.29, 1.82) is 0 Å². The molecule has 0 unspecified atom stereocenters. The number of carbonyl (C=O) groups is 2. The summed E-state index contributed by atoms with van der Waals surface area (Å²) in [6.07, 6.45) is 1.47. The molecule has 0 fully saturated rings. The molecule has 1 rings (SSSR count). The zero-order valence-electron chi connectivity index (χ0n) is 9.83. The van der Waals surface area contributed by atoms with Gasteiger partial charge in [0.1, 0.15) is 4.60 Å². The fourth-order valence-electron chi connectivity index (χ4n) is 1.15. The number of halogens is 2. The van der Waals surface area contributed by atoms with E-state index in [0.717, 1.165) is 5.01 Å². The fourth-order valence-corrected chi connectivity index (χ4v) is 2.00. The highest BCUT2D eigenvalue weighted by Gasteiger charge is 2.18. The molecule has 0 saturated carbocycles. The molecule has 8 heteroatoms. The largest absolute Gasteiger partial charge is 0.337 e. The molecule has 0 aliphatic rings. The third kappa shape index (κ3) is 3.58. The molecule has 0 spiro atoms. The smallest absolute Gasteiger partial charge is 0.335 e. The van der Waals surface area contributed by atoms with E-state index < -0.39 is 11.9 Å². The minimum Gasteiger partial charge on any atom is -0.337 e. The number of aromatic nitrogens is 1. The van der Waals surface area contributed by atoms with Crippen molar-refractivity contribution in [3.05, 3.63) is 27.5 Å². The second-order valence-corrected chi connectivity index (χ2v) is 4.45. The van der Waals surface area contributed by atoms with Gasteiger partial charge >= 0.3 is 6.03 Å². The molecule has 0 saturated heterocycles. The first-order valence-electron chi connectivity index (χ1n) is 5.10. The monoisotopic (exact) mass is 334 g/mol. The van der Waals surface area contributed by atoms with E-state index in [1.807, 2.05) is 0 Å². The van der Waals surface area contributed by atoms with Crippen molar-refractivity contribution in [3.8, 4) is 0 Å². The molecule has 6 nitrogen and oxygen atoms in total. The number of hydrazine groups is 1. The van der Waals surface area contributed by atoms with Gasteiger partial charge in [0.15, 0.2) is 0 Å². The van der Waals surface area contributed by atoms with Crippen LogP contribution in [0.3, 0.4) is 0 Å². The maximum absolute atomic E-state index is 11.9. The summed E-state index contributed by atoms with van der Waals surface area (Å²) in [7, 11) is 1.43. The maximum Gasteiger partial charge on any atom is 0.335 e. The van der Waals surface area contributed by atoms with Gasteiger partial charge in [0, 0.05) is 19.8 Å². The lowest BCUT2D eigenvalue weighted by Crippen LogP contribution is -2.48. The van der Waals surface area contributed by atoms with Crippen LogP contribution in [0.5, 0.6) is 0 Å². The molecule has 1 heterocycles. The van der Waals surface area contributed by atoms with Gasteiger partial charge in [0.2, 0.25) is 0 Å². The number of nitrogens with zero attached hydrogens (tertiary/aromatic N) is 2. The van der Waals surface area contributed by atoms with Crippen LogP contribution >= 0.6 is 27.5 Å². The minimum atomic E-state index is -0.520. The van der Waals surface area contributed by atoms with Crippen molar-refractivity contribution in [1.82, 2.24) is 20.7 Å². The van der Waals surface area contributed by atoms with Crippen LogP contribution < -0.4 is 10.7 Å². The third-order valence-electron chi connectivity index (χ3n) is 1.98. The van der Waals surface area contributed by atoms with E-state index in [9.17, 15) is 9.59 Å². The molecule has 0 bridgehead atoms. The molecule has 3 amide bonds. The highest BCUT2D eigenvalue weighted by Crippen LogP contribution is 2.22. The summed E-state index contributed by atoms with van der Waals surface area (Å²) >= 11 is 9.03. The van der Waals surface area contributed by atoms with E-state index in [2.05, 4.69) is 31.7 Å². The molecule has 0 aliphatic carbocycles. The van der Waals surface area contributed by atoms with E-state index in [1.165, 1.54) is 19.3 Å². The molecule has 1 aromatic rings. The molecule has 98 valence electrons. The summed E-state index contributed by atoms with van der Waals surface area (Å²) in [6.45, 7) is 2.25. The summed E-state index contributed by atoms with van der Waals surface area (Å²) in [5, 5.41) is 3.84. The molecule has 18 heavy (non-hydrogen) atoms. The highest BCUT2D eigenvalue weighted by atomic mass is 79.9. The third-order valence-corrected chi connectivity index (χ3v) is 2.90. The summed E-state index contributed by atoms with van der Waals surface area (Å²) < 4.78 is 0.316. The Morgan fingerprint density at radius 3 is 2.78 bits per heavy atom. The Bertz CT molecular complexity index is 449. The lowest BCUT2D eigenvalue weighted by molar-refractivity contribution is 0.0853. The topological polar surface area (TPSA) is 74.3 Å². The molecule has 1 aromatic heterocycles. The maximum atomic E-state index is 11.9. The number of nitrogens with one attached hydrogen (secondary N) is 2. The van der Waals surface area contributed by atoms with Crippen LogP contribution in [0.15, 0.2) is 16.9 Å². The number of rotatable bonds is 2. The highest BCUT2D eigenvalue weighted by molar-refractivity contribution is 9.10. The average Bonchev–Trinajstić information content (AvgIpc) is 2.28. The Kier molecular flexibility index (Phi) is 5.36. The average molecular weight is 336 g/mol. The summed E-state index contributed by atoms with van der Waals surface area (Å²) in [5.41, 5.74) is 2.57. The fraction of sp³-hybridized carbons (Fsp3) is 0.300. The first-order valence-corrected chi connectivity index (χ1v) is 6.27. The van der Waals surface area contributed by atoms with Crippen molar-refractivity contribution >= 4 is 39.5 Å². The Labute approximate surface area is 118 Å². The first kappa shape index (κ1) is 14.7. The summed E-state index contributed by atoms with van der Waals surface area (Å²) in [6, 6.07) is 1.08. The predicted molar refractivity (Wildman–Crippen MR) is 71.2 cm³/mol. The Morgan fingerprint density at radius 1 is 1.56 bits per heavy atom. The van der Waals surface area contributed by atoms with Crippen molar-refractivity contribution in [2.45, 2.75) is 6.92 Å². The second kappa shape index (κ2) is 6.55. The first-order chi connectivity index (χ1) is 8.47. The van der Waals surface area contributed by atoms with E-state index in [0.29, 0.717) is 11.1 Å². The SMILES string of the molecule is CCNC(=O)N(C)NC(=O)c1c(Cl)ccnc1Br. The van der Waals surface area contributed by atoms with Gasteiger partial charge < -0.3 is 5.32 Å². The van der Waals surface area contributed by atoms with Crippen LogP contribution in [0.25, 0.3) is 0 Å². The van der Waals surface area contributed by atoms with Crippen molar-refractivity contribution in [3.63, 3.8) is 0 Å². The zero-order valence-corrected chi connectivity index (χ0v) is 12.2. The van der Waals surface area contributed by atoms with Crippen molar-refractivity contribution < 1.29 is 9.59 Å². The number of hydrogen-bond donors (Lipinski definition) is 2. The Hall–Kier alpha value is -1.34. The molecule has 2 N–H and O–H groups in total. The van der Waals surface area contributed by atoms with Crippen molar-refractivity contribution in [2.24, 2.45) is 0 Å². The van der Waals surface area contributed by atoms with Gasteiger partial charge in [-0.1, -0.05) is 11.6 Å². The molecular formula is C10H12BrClN4O2. The number of urea groups is 1. The van der Waals surface area contributed by atoms with Crippen LogP contribution in [-0.2, 0) is 0 Å². The van der Waals surface area contributed by atoms with Crippen LogP contribution in [-0.4, -0.2) is 35.5 Å². The molecule has 0 aliphatic heterocycles. The van der Waals surface area contributed by atoms with Gasteiger partial charge in [-0.2, -0.15) is 0 Å². The lowest BCUT2D eigenvalue weighted by atomic mass is 10.3. The quantitative estimate of drug-likeness (QED) is 0.639. The number of carbonyl (C=O) groups excluding carboxylic acids is 2. The standard InChI is InChI=1S/C10H12BrClN4O2/c1-3-13-10(18)16(2)15-9(17)7-6(12)4-5-14-8(7)11/h4-5H,3H2,1-2H3,(H,13,18)(H,15,17). The lowest BCUT2D eigenvalue weighted by Gasteiger charge is -2.18. The molecule has 0 aromatic carbocycles. The number of amides is 3. The predicted octanol–water partition coefficient (Wildman–Crippen LogP) is 1.80. The molecule has 0 atom stereocenters. The summed E-state index contributed by atoms with van der Waals surface area (Å²) in [5.74, 6) is -0.520. The normalized spacial score (nSPS) is 9.78.